The van der Waals surface area contributed by atoms with E-state index < -0.39 is 33.8 Å². The summed E-state index contributed by atoms with van der Waals surface area (Å²) >= 11 is 0. The van der Waals surface area contributed by atoms with E-state index in [-0.39, 0.29) is 16.4 Å². The summed E-state index contributed by atoms with van der Waals surface area (Å²) in [4.78, 5) is 36.7. The molecule has 2 aromatic rings. The Kier molecular flexibility index (Phi) is 7.76. The monoisotopic (exact) mass is 460 g/mol. The minimum absolute atomic E-state index is 0.0663. The fraction of sp³-hybridized carbons (Fsp3) is 0.318. The summed E-state index contributed by atoms with van der Waals surface area (Å²) in [5.41, 5.74) is 5.39. The number of hydrazine groups is 1. The maximum atomic E-state index is 12.6. The Hall–Kier alpha value is -3.24. The molecule has 0 fully saturated rings. The van der Waals surface area contributed by atoms with E-state index in [2.05, 4.69) is 16.2 Å². The van der Waals surface area contributed by atoms with Gasteiger partial charge in [0.2, 0.25) is 15.9 Å². The molecule has 0 aliphatic heterocycles. The van der Waals surface area contributed by atoms with Crippen LogP contribution in [-0.2, 0) is 19.6 Å². The first kappa shape index (κ1) is 25.0. The Bertz CT molecular complexity index is 1110. The number of sulfonamides is 1. The highest BCUT2D eigenvalue weighted by Gasteiger charge is 2.23. The van der Waals surface area contributed by atoms with E-state index in [0.29, 0.717) is 5.69 Å². The van der Waals surface area contributed by atoms with Gasteiger partial charge in [-0.25, -0.2) is 8.42 Å². The van der Waals surface area contributed by atoms with Crippen molar-refractivity contribution in [1.29, 1.82) is 0 Å². The highest BCUT2D eigenvalue weighted by Crippen LogP contribution is 2.18. The first-order valence-corrected chi connectivity index (χ1v) is 11.3. The van der Waals surface area contributed by atoms with Gasteiger partial charge >= 0.3 is 0 Å². The molecule has 0 bridgehead atoms. The molecule has 9 nitrogen and oxygen atoms in total. The van der Waals surface area contributed by atoms with Crippen molar-refractivity contribution in [2.75, 3.05) is 18.9 Å². The first-order chi connectivity index (χ1) is 14.8. The van der Waals surface area contributed by atoms with Crippen LogP contribution in [0.2, 0.25) is 0 Å². The molecule has 0 aliphatic carbocycles. The number of nitrogens with one attached hydrogen (secondary N) is 3. The number of nitrogens with zero attached hydrogens (tertiary/aromatic N) is 1. The minimum Gasteiger partial charge on any atom is -0.326 e. The van der Waals surface area contributed by atoms with E-state index in [1.807, 2.05) is 6.92 Å². The summed E-state index contributed by atoms with van der Waals surface area (Å²) in [6.45, 7) is 6.65. The lowest BCUT2D eigenvalue weighted by Gasteiger charge is -2.18. The summed E-state index contributed by atoms with van der Waals surface area (Å²) in [5, 5.41) is 2.72. The second-order valence-electron chi connectivity index (χ2n) is 8.36. The van der Waals surface area contributed by atoms with E-state index in [9.17, 15) is 22.8 Å². The topological polar surface area (TPSA) is 125 Å². The Labute approximate surface area is 188 Å². The summed E-state index contributed by atoms with van der Waals surface area (Å²) < 4.78 is 26.0. The summed E-state index contributed by atoms with van der Waals surface area (Å²) in [6.07, 6.45) is 0. The van der Waals surface area contributed by atoms with Gasteiger partial charge in [-0.1, -0.05) is 44.5 Å². The van der Waals surface area contributed by atoms with Crippen molar-refractivity contribution >= 4 is 33.4 Å². The summed E-state index contributed by atoms with van der Waals surface area (Å²) in [6, 6.07) is 12.5. The lowest BCUT2D eigenvalue weighted by Crippen LogP contribution is -2.46. The van der Waals surface area contributed by atoms with Crippen LogP contribution in [0.3, 0.4) is 0 Å². The third kappa shape index (κ3) is 6.63. The van der Waals surface area contributed by atoms with Crippen LogP contribution in [-0.4, -0.2) is 44.0 Å². The van der Waals surface area contributed by atoms with Gasteiger partial charge in [0.1, 0.15) is 0 Å². The molecule has 0 heterocycles. The molecule has 10 heteroatoms. The maximum absolute atomic E-state index is 12.6. The normalized spacial score (nSPS) is 11.7. The number of likely N-dealkylation sites (N-methyl/N-ethyl adjacent to an activating group) is 1. The number of hydrogen-bond acceptors (Lipinski definition) is 5. The van der Waals surface area contributed by atoms with Crippen LogP contribution in [0.15, 0.2) is 53.4 Å². The van der Waals surface area contributed by atoms with Gasteiger partial charge in [0.25, 0.3) is 11.8 Å². The molecule has 2 rings (SSSR count). The molecule has 0 atom stereocenters. The molecule has 0 aromatic heterocycles. The molecule has 0 radical (unpaired) electrons. The average Bonchev–Trinajstić information content (AvgIpc) is 2.71. The second-order valence-corrected chi connectivity index (χ2v) is 10.4. The third-order valence-electron chi connectivity index (χ3n) is 4.47. The predicted molar refractivity (Wildman–Crippen MR) is 121 cm³/mol. The quantitative estimate of drug-likeness (QED) is 0.569. The van der Waals surface area contributed by atoms with Crippen LogP contribution in [0.25, 0.3) is 0 Å². The number of rotatable bonds is 6. The van der Waals surface area contributed by atoms with Crippen LogP contribution in [0.5, 0.6) is 0 Å². The van der Waals surface area contributed by atoms with Crippen molar-refractivity contribution in [3.05, 3.63) is 59.7 Å². The Morgan fingerprint density at radius 3 is 2.19 bits per heavy atom. The van der Waals surface area contributed by atoms with Gasteiger partial charge in [-0.3, -0.25) is 25.2 Å². The number of benzene rings is 2. The molecule has 2 aromatic carbocycles. The molecule has 172 valence electrons. The zero-order chi connectivity index (χ0) is 24.1. The summed E-state index contributed by atoms with van der Waals surface area (Å²) in [5.74, 6) is -1.54. The van der Waals surface area contributed by atoms with Gasteiger partial charge in [0, 0.05) is 23.7 Å². The molecule has 32 heavy (non-hydrogen) atoms. The summed E-state index contributed by atoms with van der Waals surface area (Å²) in [7, 11) is -2.58. The van der Waals surface area contributed by atoms with Crippen molar-refractivity contribution in [3.63, 3.8) is 0 Å². The van der Waals surface area contributed by atoms with E-state index in [1.54, 1.807) is 45.0 Å². The van der Waals surface area contributed by atoms with Crippen LogP contribution in [0.4, 0.5) is 5.69 Å². The van der Waals surface area contributed by atoms with Gasteiger partial charge in [0.15, 0.2) is 0 Å². The Morgan fingerprint density at radius 1 is 0.969 bits per heavy atom. The van der Waals surface area contributed by atoms with E-state index in [0.717, 1.165) is 9.87 Å². The molecule has 0 unspecified atom stereocenters. The van der Waals surface area contributed by atoms with Crippen LogP contribution < -0.4 is 16.2 Å². The molecule has 0 spiro atoms. The minimum atomic E-state index is -3.85. The predicted octanol–water partition coefficient (Wildman–Crippen LogP) is 2.06. The molecular weight excluding hydrogens is 432 g/mol. The maximum Gasteiger partial charge on any atom is 0.269 e. The molecule has 0 saturated carbocycles. The standard InChI is InChI=1S/C22H28N4O5S/c1-15-9-11-18(12-10-15)32(30,31)26(5)14-19(27)24-25-20(28)16-7-6-8-17(13-16)23-21(29)22(2,3)4/h6-13H,14H2,1-5H3,(H,23,29)(H,24,27)(H,25,28). The van der Waals surface area contributed by atoms with E-state index in [1.165, 1.54) is 31.3 Å². The highest BCUT2D eigenvalue weighted by molar-refractivity contribution is 7.89. The molecule has 0 aliphatic rings. The van der Waals surface area contributed by atoms with E-state index in [4.69, 9.17) is 0 Å². The second kappa shape index (κ2) is 9.92. The van der Waals surface area contributed by atoms with Gasteiger partial charge < -0.3 is 5.32 Å². The van der Waals surface area contributed by atoms with Crippen molar-refractivity contribution in [1.82, 2.24) is 15.2 Å². The lowest BCUT2D eigenvalue weighted by atomic mass is 9.95. The zero-order valence-electron chi connectivity index (χ0n) is 18.7. The average molecular weight is 461 g/mol. The number of aryl methyl sites for hydroxylation is 1. The van der Waals surface area contributed by atoms with Crippen molar-refractivity contribution in [2.45, 2.75) is 32.6 Å². The third-order valence-corrected chi connectivity index (χ3v) is 6.29. The molecule has 3 amide bonds. The molecule has 3 N–H and O–H groups in total. The van der Waals surface area contributed by atoms with Gasteiger partial charge in [-0.05, 0) is 37.3 Å². The number of hydrogen-bond donors (Lipinski definition) is 3. The fourth-order valence-electron chi connectivity index (χ4n) is 2.47. The number of anilines is 1. The number of carbonyl (C=O) groups excluding carboxylic acids is 3. The number of amides is 3. The highest BCUT2D eigenvalue weighted by atomic mass is 32.2. The van der Waals surface area contributed by atoms with Crippen LogP contribution >= 0.6 is 0 Å². The SMILES string of the molecule is Cc1ccc(S(=O)(=O)N(C)CC(=O)NNC(=O)c2cccc(NC(=O)C(C)(C)C)c2)cc1. The first-order valence-electron chi connectivity index (χ1n) is 9.84. The van der Waals surface area contributed by atoms with Gasteiger partial charge in [0.05, 0.1) is 11.4 Å². The smallest absolute Gasteiger partial charge is 0.269 e. The van der Waals surface area contributed by atoms with E-state index >= 15 is 0 Å². The van der Waals surface area contributed by atoms with Crippen LogP contribution in [0.1, 0.15) is 36.7 Å². The molecular formula is C22H28N4O5S. The van der Waals surface area contributed by atoms with Crippen molar-refractivity contribution in [2.24, 2.45) is 5.41 Å². The Balaban J connectivity index is 1.95. The van der Waals surface area contributed by atoms with Gasteiger partial charge in [-0.2, -0.15) is 4.31 Å². The largest absolute Gasteiger partial charge is 0.326 e. The molecule has 0 saturated heterocycles. The zero-order valence-corrected chi connectivity index (χ0v) is 19.5. The number of carbonyl (C=O) groups is 3. The fourth-order valence-corrected chi connectivity index (χ4v) is 3.60. The van der Waals surface area contributed by atoms with Gasteiger partial charge in [-0.15, -0.1) is 0 Å². The van der Waals surface area contributed by atoms with Crippen molar-refractivity contribution < 1.29 is 22.8 Å². The Morgan fingerprint density at radius 2 is 1.59 bits per heavy atom. The van der Waals surface area contributed by atoms with Crippen molar-refractivity contribution in [3.8, 4) is 0 Å². The van der Waals surface area contributed by atoms with Crippen LogP contribution in [0, 0.1) is 12.3 Å². The lowest BCUT2D eigenvalue weighted by molar-refractivity contribution is -0.123.